The fraction of sp³-hybridized carbons (Fsp3) is 0.500. The van der Waals surface area contributed by atoms with Crippen molar-refractivity contribution < 1.29 is 19.2 Å². The molecule has 1 aliphatic rings. The fourth-order valence-corrected chi connectivity index (χ4v) is 3.00. The van der Waals surface area contributed by atoms with Crippen LogP contribution < -0.4 is 5.73 Å². The number of non-ortho nitro benzene ring substituents is 1. The van der Waals surface area contributed by atoms with E-state index in [2.05, 4.69) is 13.8 Å². The van der Waals surface area contributed by atoms with Crippen molar-refractivity contribution in [1.29, 1.82) is 0 Å². The van der Waals surface area contributed by atoms with Crippen LogP contribution in [0.5, 0.6) is 0 Å². The second-order valence-corrected chi connectivity index (χ2v) is 6.35. The number of amides is 1. The molecule has 1 aromatic rings. The summed E-state index contributed by atoms with van der Waals surface area (Å²) in [5.41, 5.74) is 5.35. The third-order valence-corrected chi connectivity index (χ3v) is 4.02. The minimum absolute atomic E-state index is 0.0678. The van der Waals surface area contributed by atoms with Gasteiger partial charge in [-0.2, -0.15) is 0 Å². The number of nitrogens with zero attached hydrogens (tertiary/aromatic N) is 2. The predicted molar refractivity (Wildman–Crippen MR) is 87.3 cm³/mol. The number of piperidine rings is 1. The zero-order valence-corrected chi connectivity index (χ0v) is 13.7. The van der Waals surface area contributed by atoms with Crippen LogP contribution in [0.3, 0.4) is 0 Å². The maximum Gasteiger partial charge on any atom is 0.341 e. The van der Waals surface area contributed by atoms with E-state index in [-0.39, 0.29) is 22.8 Å². The minimum atomic E-state index is -0.845. The standard InChI is InChI=1S/C16H21N3O5/c1-10-5-11(2)8-18(7-10)15(20)9-24-16(21)13-6-12(19(22)23)3-4-14(13)17/h3-4,6,10-11H,5,7-9,17H2,1-2H3/t10-,11-/m0/s1. The molecule has 2 N–H and O–H groups in total. The molecule has 0 aliphatic carbocycles. The number of carbonyl (C=O) groups is 2. The zero-order chi connectivity index (χ0) is 17.9. The smallest absolute Gasteiger partial charge is 0.341 e. The molecule has 0 radical (unpaired) electrons. The number of esters is 1. The van der Waals surface area contributed by atoms with E-state index in [1.807, 2.05) is 0 Å². The molecule has 8 nitrogen and oxygen atoms in total. The monoisotopic (exact) mass is 335 g/mol. The molecular formula is C16H21N3O5. The lowest BCUT2D eigenvalue weighted by molar-refractivity contribution is -0.384. The summed E-state index contributed by atoms with van der Waals surface area (Å²) in [7, 11) is 0. The number of ether oxygens (including phenoxy) is 1. The van der Waals surface area contributed by atoms with Gasteiger partial charge in [0.1, 0.15) is 0 Å². The summed E-state index contributed by atoms with van der Waals surface area (Å²) in [5, 5.41) is 10.8. The van der Waals surface area contributed by atoms with Gasteiger partial charge in [0.15, 0.2) is 6.61 Å². The van der Waals surface area contributed by atoms with Gasteiger partial charge in [0, 0.05) is 30.9 Å². The maximum absolute atomic E-state index is 12.2. The van der Waals surface area contributed by atoms with Crippen molar-refractivity contribution in [1.82, 2.24) is 4.90 Å². The number of hydrogen-bond acceptors (Lipinski definition) is 6. The topological polar surface area (TPSA) is 116 Å². The van der Waals surface area contributed by atoms with Crippen molar-refractivity contribution in [2.24, 2.45) is 11.8 Å². The largest absolute Gasteiger partial charge is 0.452 e. The molecule has 2 atom stereocenters. The first-order chi connectivity index (χ1) is 11.3. The van der Waals surface area contributed by atoms with Crippen LogP contribution in [0.25, 0.3) is 0 Å². The normalized spacial score (nSPS) is 20.5. The average molecular weight is 335 g/mol. The SMILES string of the molecule is C[C@H]1C[C@H](C)CN(C(=O)COC(=O)c2cc([N+](=O)[O-])ccc2N)C1. The van der Waals surface area contributed by atoms with E-state index in [0.29, 0.717) is 24.9 Å². The van der Waals surface area contributed by atoms with E-state index in [4.69, 9.17) is 10.5 Å². The van der Waals surface area contributed by atoms with Crippen LogP contribution in [0.2, 0.25) is 0 Å². The third-order valence-electron chi connectivity index (χ3n) is 4.02. The lowest BCUT2D eigenvalue weighted by Crippen LogP contribution is -2.44. The van der Waals surface area contributed by atoms with E-state index in [1.54, 1.807) is 4.90 Å². The van der Waals surface area contributed by atoms with E-state index < -0.39 is 17.5 Å². The van der Waals surface area contributed by atoms with Gasteiger partial charge in [-0.1, -0.05) is 13.8 Å². The molecule has 1 heterocycles. The summed E-state index contributed by atoms with van der Waals surface area (Å²) in [5.74, 6) is -0.310. The molecule has 1 saturated heterocycles. The number of benzene rings is 1. The van der Waals surface area contributed by atoms with Gasteiger partial charge < -0.3 is 15.4 Å². The van der Waals surface area contributed by atoms with Gasteiger partial charge in [0.05, 0.1) is 10.5 Å². The number of nitrogen functional groups attached to an aromatic ring is 1. The highest BCUT2D eigenvalue weighted by atomic mass is 16.6. The number of hydrogen-bond donors (Lipinski definition) is 1. The summed E-state index contributed by atoms with van der Waals surface area (Å²) in [6.45, 7) is 5.03. The van der Waals surface area contributed by atoms with Gasteiger partial charge >= 0.3 is 5.97 Å². The van der Waals surface area contributed by atoms with Crippen molar-refractivity contribution in [2.45, 2.75) is 20.3 Å². The number of nitro benzene ring substituents is 1. The second kappa shape index (κ2) is 7.29. The highest BCUT2D eigenvalue weighted by Crippen LogP contribution is 2.22. The van der Waals surface area contributed by atoms with Crippen molar-refractivity contribution in [3.8, 4) is 0 Å². The van der Waals surface area contributed by atoms with Crippen molar-refractivity contribution >= 4 is 23.3 Å². The first-order valence-corrected chi connectivity index (χ1v) is 7.76. The average Bonchev–Trinajstić information content (AvgIpc) is 2.51. The van der Waals surface area contributed by atoms with E-state index in [0.717, 1.165) is 12.5 Å². The van der Waals surface area contributed by atoms with Gasteiger partial charge in [-0.15, -0.1) is 0 Å². The molecule has 0 unspecified atom stereocenters. The van der Waals surface area contributed by atoms with E-state index >= 15 is 0 Å². The minimum Gasteiger partial charge on any atom is -0.452 e. The molecule has 1 fully saturated rings. The Morgan fingerprint density at radius 2 is 1.96 bits per heavy atom. The number of nitro groups is 1. The Morgan fingerprint density at radius 3 is 2.54 bits per heavy atom. The first-order valence-electron chi connectivity index (χ1n) is 7.76. The Bertz CT molecular complexity index is 651. The molecule has 0 saturated carbocycles. The summed E-state index contributed by atoms with van der Waals surface area (Å²) in [6, 6.07) is 3.52. The zero-order valence-electron chi connectivity index (χ0n) is 13.7. The summed E-state index contributed by atoms with van der Waals surface area (Å²) >= 11 is 0. The molecule has 8 heteroatoms. The molecule has 1 aliphatic heterocycles. The number of anilines is 1. The lowest BCUT2D eigenvalue weighted by atomic mass is 9.92. The van der Waals surface area contributed by atoms with Crippen LogP contribution in [-0.4, -0.2) is 41.4 Å². The van der Waals surface area contributed by atoms with Crippen molar-refractivity contribution in [3.05, 3.63) is 33.9 Å². The van der Waals surface area contributed by atoms with Crippen LogP contribution in [0, 0.1) is 22.0 Å². The highest BCUT2D eigenvalue weighted by Gasteiger charge is 2.26. The Hall–Kier alpha value is -2.64. The van der Waals surface area contributed by atoms with Gasteiger partial charge in [0.2, 0.25) is 0 Å². The molecule has 1 aromatic carbocycles. The van der Waals surface area contributed by atoms with Crippen LogP contribution in [0.15, 0.2) is 18.2 Å². The Morgan fingerprint density at radius 1 is 1.33 bits per heavy atom. The fourth-order valence-electron chi connectivity index (χ4n) is 3.00. The number of carbonyl (C=O) groups excluding carboxylic acids is 2. The molecule has 130 valence electrons. The molecule has 2 rings (SSSR count). The van der Waals surface area contributed by atoms with E-state index in [9.17, 15) is 19.7 Å². The first kappa shape index (κ1) is 17.7. The quantitative estimate of drug-likeness (QED) is 0.388. The second-order valence-electron chi connectivity index (χ2n) is 6.35. The molecule has 1 amide bonds. The van der Waals surface area contributed by atoms with Crippen LogP contribution in [0.4, 0.5) is 11.4 Å². The molecule has 0 aromatic heterocycles. The van der Waals surface area contributed by atoms with Gasteiger partial charge in [-0.25, -0.2) is 4.79 Å². The third kappa shape index (κ3) is 4.21. The Kier molecular flexibility index (Phi) is 5.38. The molecule has 0 spiro atoms. The van der Waals surface area contributed by atoms with Crippen LogP contribution in [-0.2, 0) is 9.53 Å². The molecule has 0 bridgehead atoms. The van der Waals surface area contributed by atoms with Gasteiger partial charge in [-0.05, 0) is 24.3 Å². The highest BCUT2D eigenvalue weighted by molar-refractivity contribution is 5.97. The van der Waals surface area contributed by atoms with Crippen molar-refractivity contribution in [2.75, 3.05) is 25.4 Å². The van der Waals surface area contributed by atoms with Gasteiger partial charge in [0.25, 0.3) is 11.6 Å². The maximum atomic E-state index is 12.2. The van der Waals surface area contributed by atoms with Crippen LogP contribution in [0.1, 0.15) is 30.6 Å². The number of likely N-dealkylation sites (tertiary alicyclic amines) is 1. The van der Waals surface area contributed by atoms with E-state index in [1.165, 1.54) is 12.1 Å². The predicted octanol–water partition coefficient (Wildman–Crippen LogP) is 1.84. The number of rotatable bonds is 4. The lowest BCUT2D eigenvalue weighted by Gasteiger charge is -2.34. The molecule has 24 heavy (non-hydrogen) atoms. The van der Waals surface area contributed by atoms with Gasteiger partial charge in [-0.3, -0.25) is 14.9 Å². The Labute approximate surface area is 139 Å². The Balaban J connectivity index is 1.99. The van der Waals surface area contributed by atoms with Crippen molar-refractivity contribution in [3.63, 3.8) is 0 Å². The summed E-state index contributed by atoms with van der Waals surface area (Å²) in [6.07, 6.45) is 1.06. The van der Waals surface area contributed by atoms with Crippen LogP contribution >= 0.6 is 0 Å². The summed E-state index contributed by atoms with van der Waals surface area (Å²) in [4.78, 5) is 36.1. The molecular weight excluding hydrogens is 314 g/mol. The summed E-state index contributed by atoms with van der Waals surface area (Å²) < 4.78 is 5.00. The number of nitrogens with two attached hydrogens (primary N) is 1.